The molecule has 1 aliphatic heterocycles. The molecule has 0 radical (unpaired) electrons. The van der Waals surface area contributed by atoms with Crippen LogP contribution in [0.4, 0.5) is 0 Å². The Labute approximate surface area is 433 Å². The van der Waals surface area contributed by atoms with Crippen LogP contribution >= 0.6 is 0 Å². The molecular weight excluding hydrogens is 973 g/mol. The molecule has 1 aromatic heterocycles. The van der Waals surface area contributed by atoms with E-state index in [4.69, 9.17) is 28.7 Å². The normalized spacial score (nSPS) is 21.7. The van der Waals surface area contributed by atoms with Gasteiger partial charge < -0.3 is 81.3 Å². The van der Waals surface area contributed by atoms with Gasteiger partial charge in [-0.15, -0.1) is 0 Å². The molecule has 20 N–H and O–H groups in total. The van der Waals surface area contributed by atoms with Crippen LogP contribution in [0.2, 0.25) is 0 Å². The Morgan fingerprint density at radius 2 is 1.33 bits per heavy atom. The molecule has 0 spiro atoms. The van der Waals surface area contributed by atoms with Gasteiger partial charge in [0.2, 0.25) is 53.2 Å². The van der Waals surface area contributed by atoms with Crippen LogP contribution in [0, 0.1) is 0 Å². The number of aliphatic hydroxyl groups excluding tert-OH is 1. The van der Waals surface area contributed by atoms with Gasteiger partial charge in [-0.3, -0.25) is 53.1 Å². The first kappa shape index (κ1) is 59.3. The molecule has 4 rings (SSSR count). The van der Waals surface area contributed by atoms with Crippen LogP contribution in [0.25, 0.3) is 10.9 Å². The second-order valence-corrected chi connectivity index (χ2v) is 18.2. The number of primary amides is 1. The van der Waals surface area contributed by atoms with Crippen molar-refractivity contribution in [2.45, 2.75) is 133 Å². The number of benzene rings is 2. The van der Waals surface area contributed by atoms with Gasteiger partial charge in [0, 0.05) is 56.5 Å². The molecule has 0 aliphatic carbocycles. The van der Waals surface area contributed by atoms with E-state index in [1.165, 1.54) is 13.8 Å². The van der Waals surface area contributed by atoms with Crippen molar-refractivity contribution >= 4 is 76.0 Å². The number of hydrogen-bond donors (Lipinski definition) is 15. The zero-order valence-electron chi connectivity index (χ0n) is 42.2. The number of aliphatic hydroxyl groups is 1. The van der Waals surface area contributed by atoms with Crippen molar-refractivity contribution < 1.29 is 48.3 Å². The molecule has 0 saturated carbocycles. The minimum Gasteiger partial charge on any atom is -0.391 e. The molecule has 3 aromatic rings. The Hall–Kier alpha value is -8.29. The number of hydrogen-bond acceptors (Lipinski definition) is 12. The Bertz CT molecular complexity index is 2510. The van der Waals surface area contributed by atoms with Crippen molar-refractivity contribution in [3.8, 4) is 0 Å². The maximum absolute atomic E-state index is 14.6. The van der Waals surface area contributed by atoms with Gasteiger partial charge in [0.25, 0.3) is 0 Å². The number of aromatic amines is 1. The second-order valence-electron chi connectivity index (χ2n) is 18.2. The fraction of sp³-hybridized carbons (Fsp3) is 0.490. The largest absolute Gasteiger partial charge is 0.391 e. The average molecular weight is 1050 g/mol. The number of aromatic nitrogens is 1. The van der Waals surface area contributed by atoms with E-state index < -0.39 is 108 Å². The summed E-state index contributed by atoms with van der Waals surface area (Å²) in [5.74, 6) is -8.02. The number of para-hydroxylation sites is 1. The van der Waals surface area contributed by atoms with Crippen LogP contribution in [0.15, 0.2) is 70.8 Å². The molecule has 2 aromatic carbocycles. The van der Waals surface area contributed by atoms with Crippen LogP contribution in [0.1, 0.15) is 82.8 Å². The second kappa shape index (κ2) is 30.0. The van der Waals surface area contributed by atoms with Crippen molar-refractivity contribution in [1.29, 1.82) is 0 Å². The number of guanidine groups is 2. The minimum absolute atomic E-state index is 0.0109. The molecule has 1 fully saturated rings. The van der Waals surface area contributed by atoms with Crippen LogP contribution in [-0.4, -0.2) is 143 Å². The van der Waals surface area contributed by atoms with Gasteiger partial charge >= 0.3 is 0 Å². The van der Waals surface area contributed by atoms with Gasteiger partial charge in [-0.25, -0.2) is 0 Å². The minimum atomic E-state index is -1.80. The standard InChI is InChI=1S/C49H72N16O10/c1-27(66)40-47(75)64-36(23-29-13-5-3-6-14-29)44(72)61-35(19-12-22-57-49(53)54)43(71)62-37(24-30-26-58-32-16-9-8-15-31(30)32)45(73)60-33(41(50)69)17-7-4-10-20-55-39(68)25-38(46(74)65-40)63-42(70)34(59-28(2)67)18-11-21-56-48(51)52/h3,5-6,8-9,13-16,26-27,33-38,40,58,66H,4,7,10-12,17-25H2,1-2H3,(H2,50,69)(H,55,68)(H,59,67)(H,60,73)(H,61,72)(H,62,71)(H,63,70)(H,64,75)(H,65,74)(H4,51,52,56)(H4,53,54,57)/t27-,33+,34+,35+,36-,37+,38+,40+/m1/s1. The summed E-state index contributed by atoms with van der Waals surface area (Å²) in [6, 6.07) is 5.68. The number of H-pyrrole nitrogens is 1. The van der Waals surface area contributed by atoms with E-state index in [2.05, 4.69) is 57.5 Å². The van der Waals surface area contributed by atoms with Gasteiger partial charge in [0.05, 0.1) is 12.5 Å². The van der Waals surface area contributed by atoms with Gasteiger partial charge in [-0.05, 0) is 62.6 Å². The van der Waals surface area contributed by atoms with E-state index in [0.29, 0.717) is 30.4 Å². The van der Waals surface area contributed by atoms with Gasteiger partial charge in [0.15, 0.2) is 11.9 Å². The average Bonchev–Trinajstić information content (AvgIpc) is 3.76. The lowest BCUT2D eigenvalue weighted by Crippen LogP contribution is -2.62. The Balaban J connectivity index is 1.75. The first-order valence-corrected chi connectivity index (χ1v) is 24.7. The molecule has 8 atom stereocenters. The summed E-state index contributed by atoms with van der Waals surface area (Å²) in [4.78, 5) is 135. The predicted molar refractivity (Wildman–Crippen MR) is 278 cm³/mol. The molecule has 0 unspecified atom stereocenters. The molecule has 408 valence electrons. The van der Waals surface area contributed by atoms with Crippen molar-refractivity contribution in [3.05, 3.63) is 71.9 Å². The first-order chi connectivity index (χ1) is 35.7. The third kappa shape index (κ3) is 20.3. The third-order valence-corrected chi connectivity index (χ3v) is 12.1. The van der Waals surface area contributed by atoms with Crippen LogP contribution in [0.3, 0.4) is 0 Å². The van der Waals surface area contributed by atoms with Crippen molar-refractivity contribution in [3.63, 3.8) is 0 Å². The Morgan fingerprint density at radius 3 is 2.00 bits per heavy atom. The fourth-order valence-electron chi connectivity index (χ4n) is 8.22. The van der Waals surface area contributed by atoms with E-state index in [0.717, 1.165) is 10.9 Å². The lowest BCUT2D eigenvalue weighted by Gasteiger charge is -2.29. The molecule has 75 heavy (non-hydrogen) atoms. The quantitative estimate of drug-likeness (QED) is 0.0353. The maximum Gasteiger partial charge on any atom is 0.245 e. The highest BCUT2D eigenvalue weighted by Gasteiger charge is 2.36. The lowest BCUT2D eigenvalue weighted by molar-refractivity contribution is -0.137. The van der Waals surface area contributed by atoms with Gasteiger partial charge in [-0.2, -0.15) is 0 Å². The summed E-state index contributed by atoms with van der Waals surface area (Å²) >= 11 is 0. The maximum atomic E-state index is 14.6. The topological polar surface area (TPSA) is 441 Å². The van der Waals surface area contributed by atoms with Crippen LogP contribution in [0.5, 0.6) is 0 Å². The first-order valence-electron chi connectivity index (χ1n) is 24.7. The molecule has 26 heteroatoms. The number of carbonyl (C=O) groups is 9. The molecule has 0 bridgehead atoms. The molecule has 1 saturated heterocycles. The Morgan fingerprint density at radius 1 is 0.720 bits per heavy atom. The highest BCUT2D eigenvalue weighted by molar-refractivity contribution is 5.99. The van der Waals surface area contributed by atoms with Crippen LogP contribution in [-0.2, 0) is 56.0 Å². The van der Waals surface area contributed by atoms with E-state index in [1.54, 1.807) is 36.5 Å². The summed E-state index contributed by atoms with van der Waals surface area (Å²) < 4.78 is 0. The van der Waals surface area contributed by atoms with Crippen molar-refractivity contribution in [2.75, 3.05) is 19.6 Å². The number of nitrogens with zero attached hydrogens (tertiary/aromatic N) is 2. The molecule has 1 aliphatic rings. The number of nitrogens with two attached hydrogens (primary N) is 5. The summed E-state index contributed by atoms with van der Waals surface area (Å²) in [6.45, 7) is 2.59. The summed E-state index contributed by atoms with van der Waals surface area (Å²) in [6.07, 6.45) is 0.639. The fourth-order valence-corrected chi connectivity index (χ4v) is 8.22. The number of aliphatic imine (C=N–C) groups is 2. The van der Waals surface area contributed by atoms with E-state index in [1.807, 2.05) is 24.3 Å². The lowest BCUT2D eigenvalue weighted by atomic mass is 10.0. The molecule has 2 heterocycles. The highest BCUT2D eigenvalue weighted by atomic mass is 16.3. The number of fused-ring (bicyclic) bond motifs is 1. The SMILES string of the molecule is CC(=O)N[C@@H](CCCN=C(N)N)C(=O)N[C@H]1CC(=O)NCCCCC[C@@H](C(N)=O)NC(=O)[C@H](Cc2c[nH]c3ccccc23)NC(=O)[C@H](CCCN=C(N)N)NC(=O)[C@@H](Cc2ccccc2)NC(=O)[C@H]([C@@H](C)O)NC1=O. The summed E-state index contributed by atoms with van der Waals surface area (Å²) in [5, 5.41) is 32.6. The highest BCUT2D eigenvalue weighted by Crippen LogP contribution is 2.20. The van der Waals surface area contributed by atoms with E-state index in [-0.39, 0.29) is 76.5 Å². The zero-order chi connectivity index (χ0) is 55.0. The number of nitrogens with one attached hydrogen (secondary N) is 9. The third-order valence-electron chi connectivity index (χ3n) is 12.1. The number of amides is 9. The summed E-state index contributed by atoms with van der Waals surface area (Å²) in [7, 11) is 0. The van der Waals surface area contributed by atoms with Crippen molar-refractivity contribution in [1.82, 2.24) is 47.5 Å². The predicted octanol–water partition coefficient (Wildman–Crippen LogP) is -3.58. The number of carbonyl (C=O) groups excluding carboxylic acids is 9. The molecular formula is C49H72N16O10. The number of rotatable bonds is 17. The van der Waals surface area contributed by atoms with E-state index >= 15 is 0 Å². The smallest absolute Gasteiger partial charge is 0.245 e. The monoisotopic (exact) mass is 1040 g/mol. The Kier molecular flexibility index (Phi) is 23.7. The summed E-state index contributed by atoms with van der Waals surface area (Å²) in [5.41, 5.74) is 29.7. The zero-order valence-corrected chi connectivity index (χ0v) is 42.2. The van der Waals surface area contributed by atoms with E-state index in [9.17, 15) is 48.3 Å². The molecule has 26 nitrogen and oxygen atoms in total. The van der Waals surface area contributed by atoms with Gasteiger partial charge in [0.1, 0.15) is 42.3 Å². The van der Waals surface area contributed by atoms with Gasteiger partial charge in [-0.1, -0.05) is 61.4 Å². The molecule has 9 amide bonds. The van der Waals surface area contributed by atoms with Crippen molar-refractivity contribution in [2.24, 2.45) is 38.7 Å². The van der Waals surface area contributed by atoms with Crippen LogP contribution < -0.4 is 71.2 Å².